The van der Waals surface area contributed by atoms with Gasteiger partial charge < -0.3 is 36.4 Å². The van der Waals surface area contributed by atoms with E-state index in [4.69, 9.17) is 15.8 Å². The molecule has 6 N–H and O–H groups in total. The first kappa shape index (κ1) is 53.9. The number of hydrogen-bond acceptors (Lipinski definition) is 11. The number of Topliss-reactive ketones (excluding diaryl/α,β-unsaturated/α-hetero) is 1. The van der Waals surface area contributed by atoms with Gasteiger partial charge in [0.1, 0.15) is 18.1 Å². The molecule has 3 aliphatic carbocycles. The van der Waals surface area contributed by atoms with Gasteiger partial charge in [-0.15, -0.1) is 0 Å². The van der Waals surface area contributed by atoms with Gasteiger partial charge in [-0.1, -0.05) is 90.3 Å². The molecule has 67 heavy (non-hydrogen) atoms. The predicted molar refractivity (Wildman–Crippen MR) is 248 cm³/mol. The van der Waals surface area contributed by atoms with Crippen LogP contribution in [0.25, 0.3) is 0 Å². The Balaban J connectivity index is 0.00000235. The van der Waals surface area contributed by atoms with Crippen LogP contribution in [0, 0.1) is 39.2 Å². The molecule has 370 valence electrons. The summed E-state index contributed by atoms with van der Waals surface area (Å²) in [5, 5.41) is 27.2. The van der Waals surface area contributed by atoms with Gasteiger partial charge in [0.25, 0.3) is 5.91 Å². The number of esters is 1. The number of fused-ring (bicyclic) bond motifs is 1. The molecule has 0 radical (unpaired) electrons. The van der Waals surface area contributed by atoms with Gasteiger partial charge in [-0.3, -0.25) is 38.9 Å². The lowest BCUT2D eigenvalue weighted by Crippen LogP contribution is -2.61. The van der Waals surface area contributed by atoms with Crippen molar-refractivity contribution in [2.24, 2.45) is 34.8 Å². The maximum Gasteiger partial charge on any atom is 0.336 e. The molecule has 2 unspecified atom stereocenters. The molecule has 1 saturated heterocycles. The Morgan fingerprint density at radius 3 is 1.99 bits per heavy atom. The Morgan fingerprint density at radius 2 is 1.42 bits per heavy atom. The first-order chi connectivity index (χ1) is 31.7. The highest BCUT2D eigenvalue weighted by molar-refractivity contribution is 6.06. The summed E-state index contributed by atoms with van der Waals surface area (Å²) in [6, 6.07) is 1.31. The monoisotopic (exact) mass is 937 g/mol. The Kier molecular flexibility index (Phi) is 20.5. The Bertz CT molecular complexity index is 1970. The number of nitrogens with one attached hydrogen (secondary N) is 3. The number of hydrogen-bond donors (Lipinski definition) is 5. The lowest BCUT2D eigenvalue weighted by molar-refractivity contribution is -0.445. The number of carboxylic acids is 1. The second-order valence-electron chi connectivity index (χ2n) is 19.7. The van der Waals surface area contributed by atoms with Gasteiger partial charge in [0.05, 0.1) is 24.3 Å². The summed E-state index contributed by atoms with van der Waals surface area (Å²) >= 11 is 0. The summed E-state index contributed by atoms with van der Waals surface area (Å²) in [6.07, 6.45) is 15.6. The lowest BCUT2D eigenvalue weighted by atomic mass is 9.76. The van der Waals surface area contributed by atoms with Crippen LogP contribution in [0.15, 0.2) is 36.4 Å². The smallest absolute Gasteiger partial charge is 0.336 e. The van der Waals surface area contributed by atoms with E-state index >= 15 is 4.79 Å². The normalized spacial score (nSPS) is 21.8. The average molecular weight is 937 g/mol. The van der Waals surface area contributed by atoms with Gasteiger partial charge >= 0.3 is 11.9 Å². The van der Waals surface area contributed by atoms with Crippen LogP contribution in [0.2, 0.25) is 0 Å². The molecule has 18 heteroatoms. The van der Waals surface area contributed by atoms with Crippen LogP contribution in [0.5, 0.6) is 0 Å². The van der Waals surface area contributed by atoms with E-state index in [1.54, 1.807) is 4.90 Å². The zero-order valence-electron chi connectivity index (χ0n) is 39.8. The third-order valence-corrected chi connectivity index (χ3v) is 13.9. The van der Waals surface area contributed by atoms with Crippen LogP contribution < -0.4 is 21.7 Å². The van der Waals surface area contributed by atoms with E-state index < -0.39 is 76.0 Å². The fraction of sp³-hybridized carbons (Fsp3) is 0.673. The highest BCUT2D eigenvalue weighted by Gasteiger charge is 2.51. The Hall–Kier alpha value is -5.68. The summed E-state index contributed by atoms with van der Waals surface area (Å²) in [7, 11) is 2.12. The minimum absolute atomic E-state index is 0.0111. The molecule has 1 heterocycles. The van der Waals surface area contributed by atoms with Gasteiger partial charge in [0.2, 0.25) is 23.6 Å². The Morgan fingerprint density at radius 1 is 0.851 bits per heavy atom. The summed E-state index contributed by atoms with van der Waals surface area (Å²) < 4.78 is 4.67. The van der Waals surface area contributed by atoms with Crippen molar-refractivity contribution in [2.45, 2.75) is 167 Å². The molecular formula is C49H72N6O12. The molecule has 1 aliphatic heterocycles. The molecule has 0 aromatic heterocycles. The van der Waals surface area contributed by atoms with Crippen molar-refractivity contribution >= 4 is 47.3 Å². The average Bonchev–Trinajstić information content (AvgIpc) is 3.69. The number of allylic oxidation sites excluding steroid dienone is 1. The number of nitro groups is 1. The van der Waals surface area contributed by atoms with E-state index in [0.717, 1.165) is 90.5 Å². The van der Waals surface area contributed by atoms with Crippen molar-refractivity contribution in [3.8, 4) is 0 Å². The van der Waals surface area contributed by atoms with Crippen molar-refractivity contribution in [3.63, 3.8) is 0 Å². The quantitative estimate of drug-likeness (QED) is 0.0544. The SMILES string of the molecule is COC(=O)/C=C/CC[C@H](NC(=O)c1ccccc1C(=O)O)C(=O)N[C@H](C(=O)N1C2CCCCC2C[C@H]1C(=O)C[C@H](C(=O)N[C@H](C(N)=O)C1CCCCC1)C1CCCCC1)C(C)(C)C.C[N+](=O)[O-]. The van der Waals surface area contributed by atoms with Crippen LogP contribution in [0.4, 0.5) is 0 Å². The molecule has 5 amide bonds. The molecule has 5 rings (SSSR count). The maximum absolute atomic E-state index is 15.2. The fourth-order valence-electron chi connectivity index (χ4n) is 10.5. The van der Waals surface area contributed by atoms with Crippen molar-refractivity contribution in [1.82, 2.24) is 20.9 Å². The number of ketones is 1. The third kappa shape index (κ3) is 15.4. The molecule has 3 saturated carbocycles. The summed E-state index contributed by atoms with van der Waals surface area (Å²) in [5.41, 5.74) is 4.60. The largest absolute Gasteiger partial charge is 0.478 e. The summed E-state index contributed by atoms with van der Waals surface area (Å²) in [5.74, 6) is -5.73. The van der Waals surface area contributed by atoms with Crippen LogP contribution in [0.1, 0.15) is 157 Å². The third-order valence-electron chi connectivity index (χ3n) is 13.9. The van der Waals surface area contributed by atoms with Gasteiger partial charge in [0.15, 0.2) is 12.8 Å². The van der Waals surface area contributed by atoms with Crippen LogP contribution in [0.3, 0.4) is 0 Å². The standard InChI is InChI=1S/C48H69N5O10.CH3NO2/c1-48(2,3)41(52-45(59)35(24-14-16-26-39(55)63-4)50-43(57)32-22-12-13-23-33(32)47(61)62)46(60)53-36-25-15-11-21-31(36)27-37(53)38(54)28-34(29-17-7-5-8-18-29)44(58)51-40(42(49)56)30-19-9-6-10-20-30;1-2(3)4/h12-13,16,22-23,26,29-31,34-37,40-41H,5-11,14-15,17-21,24-25,27-28H2,1-4H3,(H2,49,56)(H,50,57)(H,51,58)(H,52,59)(H,61,62);1H3/b26-16+;/t31?,34-,35-,36?,37-,40-,41+;/m0./s1. The number of carboxylic acid groups (broad SMARTS) is 1. The second kappa shape index (κ2) is 25.5. The highest BCUT2D eigenvalue weighted by atomic mass is 16.6. The van der Waals surface area contributed by atoms with Gasteiger partial charge in [-0.25, -0.2) is 9.59 Å². The van der Waals surface area contributed by atoms with Crippen molar-refractivity contribution < 1.29 is 53.1 Å². The molecule has 1 aromatic rings. The van der Waals surface area contributed by atoms with E-state index in [9.17, 15) is 38.7 Å². The molecule has 4 fully saturated rings. The minimum Gasteiger partial charge on any atom is -0.478 e. The van der Waals surface area contributed by atoms with E-state index in [1.165, 1.54) is 43.5 Å². The van der Waals surface area contributed by atoms with Crippen molar-refractivity contribution in [2.75, 3.05) is 14.2 Å². The number of benzene rings is 1. The maximum atomic E-state index is 15.2. The molecule has 18 nitrogen and oxygen atoms in total. The zero-order chi connectivity index (χ0) is 49.4. The van der Waals surface area contributed by atoms with Crippen LogP contribution in [-0.4, -0.2) is 107 Å². The first-order valence-electron chi connectivity index (χ1n) is 24.0. The number of carbonyl (C=O) groups is 8. The highest BCUT2D eigenvalue weighted by Crippen LogP contribution is 2.43. The second-order valence-corrected chi connectivity index (χ2v) is 19.7. The van der Waals surface area contributed by atoms with Crippen LogP contribution in [-0.2, 0) is 33.5 Å². The molecule has 0 spiro atoms. The predicted octanol–water partition coefficient (Wildman–Crippen LogP) is 5.28. The van der Waals surface area contributed by atoms with E-state index in [0.29, 0.717) is 12.8 Å². The first-order valence-corrected chi connectivity index (χ1v) is 24.0. The molecule has 0 bridgehead atoms. The number of carbonyl (C=O) groups excluding carboxylic acids is 7. The zero-order valence-corrected chi connectivity index (χ0v) is 39.8. The number of nitrogens with zero attached hydrogens (tertiary/aromatic N) is 2. The van der Waals surface area contributed by atoms with Crippen molar-refractivity contribution in [1.29, 1.82) is 0 Å². The number of methoxy groups -OCH3 is 1. The van der Waals surface area contributed by atoms with E-state index in [-0.39, 0.29) is 65.9 Å². The summed E-state index contributed by atoms with van der Waals surface area (Å²) in [6.45, 7) is 5.42. The number of likely N-dealkylation sites (tertiary alicyclic amines) is 1. The van der Waals surface area contributed by atoms with Crippen molar-refractivity contribution in [3.05, 3.63) is 57.7 Å². The number of ether oxygens (including phenoxy) is 1. The Labute approximate surface area is 393 Å². The van der Waals surface area contributed by atoms with Crippen LogP contribution >= 0.6 is 0 Å². The van der Waals surface area contributed by atoms with Gasteiger partial charge in [-0.2, -0.15) is 0 Å². The minimum atomic E-state index is -1.32. The topological polar surface area (TPSA) is 275 Å². The number of aromatic carboxylic acids is 1. The number of rotatable bonds is 18. The molecule has 7 atom stereocenters. The van der Waals surface area contributed by atoms with E-state index in [2.05, 4.69) is 20.7 Å². The molecule has 1 aromatic carbocycles. The fourth-order valence-corrected chi connectivity index (χ4v) is 10.5. The summed E-state index contributed by atoms with van der Waals surface area (Å²) in [4.78, 5) is 119. The number of primary amides is 1. The number of amides is 5. The molecule has 4 aliphatic rings. The van der Waals surface area contributed by atoms with Gasteiger partial charge in [-0.05, 0) is 93.1 Å². The molecular weight excluding hydrogens is 865 g/mol. The lowest BCUT2D eigenvalue weighted by Gasteiger charge is -2.40. The number of nitrogens with two attached hydrogens (primary N) is 1. The van der Waals surface area contributed by atoms with E-state index in [1.807, 2.05) is 20.8 Å². The van der Waals surface area contributed by atoms with Gasteiger partial charge in [0, 0.05) is 29.4 Å².